The van der Waals surface area contributed by atoms with Crippen molar-refractivity contribution in [2.45, 2.75) is 58.0 Å². The van der Waals surface area contributed by atoms with Crippen molar-refractivity contribution in [2.24, 2.45) is 5.41 Å². The number of carbonyl (C=O) groups is 3. The number of fused-ring (bicyclic) bond motifs is 2. The van der Waals surface area contributed by atoms with Gasteiger partial charge in [0.1, 0.15) is 11.4 Å². The third-order valence-corrected chi connectivity index (χ3v) is 6.48. The van der Waals surface area contributed by atoms with Crippen molar-refractivity contribution in [2.75, 3.05) is 19.6 Å². The minimum Gasteiger partial charge on any atom is -0.353 e. The molecule has 9 nitrogen and oxygen atoms in total. The van der Waals surface area contributed by atoms with Gasteiger partial charge in [-0.1, -0.05) is 17.2 Å². The first-order chi connectivity index (χ1) is 13.0. The fraction of sp³-hybridized carbons (Fsp3) is 0.722. The molecule has 146 valence electrons. The molecule has 0 saturated carbocycles. The van der Waals surface area contributed by atoms with Gasteiger partial charge in [0.25, 0.3) is 0 Å². The molecule has 3 aliphatic heterocycles. The van der Waals surface area contributed by atoms with Crippen LogP contribution in [0.4, 0.5) is 0 Å². The lowest BCUT2D eigenvalue weighted by Gasteiger charge is -2.40. The summed E-state index contributed by atoms with van der Waals surface area (Å²) >= 11 is 0. The van der Waals surface area contributed by atoms with Crippen LogP contribution in [0.1, 0.15) is 44.0 Å². The molecule has 0 radical (unpaired) electrons. The van der Waals surface area contributed by atoms with Crippen molar-refractivity contribution in [1.82, 2.24) is 25.4 Å². The van der Waals surface area contributed by atoms with E-state index in [9.17, 15) is 14.4 Å². The summed E-state index contributed by atoms with van der Waals surface area (Å²) in [6, 6.07) is -0.0390. The van der Waals surface area contributed by atoms with Gasteiger partial charge < -0.3 is 15.1 Å². The molecule has 2 bridgehead atoms. The molecule has 0 spiro atoms. The van der Waals surface area contributed by atoms with Crippen molar-refractivity contribution in [3.8, 4) is 0 Å². The van der Waals surface area contributed by atoms with Crippen LogP contribution in [-0.2, 0) is 20.8 Å². The number of aromatic nitrogens is 2. The second kappa shape index (κ2) is 6.61. The predicted molar refractivity (Wildman–Crippen MR) is 93.3 cm³/mol. The molecule has 3 amide bonds. The number of nitrogens with one attached hydrogen (secondary N) is 1. The number of piperazine rings is 1. The Kier molecular flexibility index (Phi) is 4.39. The number of amides is 3. The monoisotopic (exact) mass is 375 g/mol. The zero-order valence-corrected chi connectivity index (χ0v) is 15.7. The first-order valence-electron chi connectivity index (χ1n) is 9.61. The third-order valence-electron chi connectivity index (χ3n) is 6.48. The highest BCUT2D eigenvalue weighted by Crippen LogP contribution is 2.52. The van der Waals surface area contributed by atoms with E-state index in [2.05, 4.69) is 15.6 Å². The average Bonchev–Trinajstić information content (AvgIpc) is 3.35. The van der Waals surface area contributed by atoms with Crippen LogP contribution in [-0.4, -0.2) is 69.6 Å². The van der Waals surface area contributed by atoms with Crippen molar-refractivity contribution >= 4 is 17.7 Å². The Labute approximate surface area is 157 Å². The number of hydrogen-bond acceptors (Lipinski definition) is 6. The molecule has 0 aliphatic carbocycles. The summed E-state index contributed by atoms with van der Waals surface area (Å²) in [5.74, 6) is -0.129. The second-order valence-corrected chi connectivity index (χ2v) is 7.81. The SMILES string of the molecule is CC[C@]1(C(=O)N2CCNC(=O)C2)C[C@H]2CC[C@@H]1N2C(=O)Cc1nonc1C. The van der Waals surface area contributed by atoms with Gasteiger partial charge in [0, 0.05) is 25.2 Å². The molecular formula is C18H25N5O4. The van der Waals surface area contributed by atoms with Crippen LogP contribution in [0.3, 0.4) is 0 Å². The summed E-state index contributed by atoms with van der Waals surface area (Å²) in [7, 11) is 0. The van der Waals surface area contributed by atoms with E-state index in [0.29, 0.717) is 37.3 Å². The lowest BCUT2D eigenvalue weighted by molar-refractivity contribution is -0.149. The van der Waals surface area contributed by atoms with Gasteiger partial charge in [-0.25, -0.2) is 4.63 Å². The van der Waals surface area contributed by atoms with Crippen LogP contribution < -0.4 is 5.32 Å². The van der Waals surface area contributed by atoms with Gasteiger partial charge >= 0.3 is 0 Å². The van der Waals surface area contributed by atoms with Crippen molar-refractivity contribution in [3.63, 3.8) is 0 Å². The highest BCUT2D eigenvalue weighted by Gasteiger charge is 2.61. The van der Waals surface area contributed by atoms with E-state index in [1.165, 1.54) is 0 Å². The maximum Gasteiger partial charge on any atom is 0.239 e. The second-order valence-electron chi connectivity index (χ2n) is 7.81. The Hall–Kier alpha value is -2.45. The van der Waals surface area contributed by atoms with Gasteiger partial charge in [0.2, 0.25) is 17.7 Å². The molecule has 9 heteroatoms. The summed E-state index contributed by atoms with van der Waals surface area (Å²) < 4.78 is 4.70. The van der Waals surface area contributed by atoms with Gasteiger partial charge in [-0.3, -0.25) is 14.4 Å². The molecule has 3 fully saturated rings. The van der Waals surface area contributed by atoms with Crippen LogP contribution in [0, 0.1) is 12.3 Å². The number of aryl methyl sites for hydroxylation is 1. The fourth-order valence-electron chi connectivity index (χ4n) is 5.09. The Balaban J connectivity index is 1.55. The van der Waals surface area contributed by atoms with Crippen LogP contribution in [0.5, 0.6) is 0 Å². The normalized spacial score (nSPS) is 29.9. The molecule has 3 saturated heterocycles. The summed E-state index contributed by atoms with van der Waals surface area (Å²) in [5, 5.41) is 10.3. The van der Waals surface area contributed by atoms with E-state index in [1.54, 1.807) is 11.8 Å². The van der Waals surface area contributed by atoms with E-state index in [-0.39, 0.29) is 42.8 Å². The maximum absolute atomic E-state index is 13.4. The number of rotatable bonds is 4. The fourth-order valence-corrected chi connectivity index (χ4v) is 5.09. The number of nitrogens with zero attached hydrogens (tertiary/aromatic N) is 4. The minimum atomic E-state index is -0.590. The molecule has 27 heavy (non-hydrogen) atoms. The van der Waals surface area contributed by atoms with E-state index in [0.717, 1.165) is 12.8 Å². The molecule has 3 aliphatic rings. The van der Waals surface area contributed by atoms with Crippen LogP contribution in [0.15, 0.2) is 4.63 Å². The standard InChI is InChI=1S/C18H25N5O4/c1-3-18(17(26)22-7-6-19-15(24)10-22)9-12-4-5-14(18)23(12)16(25)8-13-11(2)20-27-21-13/h12,14H,3-10H2,1-2H3,(H,19,24)/t12-,14+,18+/m1/s1. The molecule has 3 atom stereocenters. The van der Waals surface area contributed by atoms with Crippen LogP contribution in [0.2, 0.25) is 0 Å². The Morgan fingerprint density at radius 3 is 2.81 bits per heavy atom. The molecule has 4 heterocycles. The van der Waals surface area contributed by atoms with E-state index in [1.807, 2.05) is 11.8 Å². The van der Waals surface area contributed by atoms with Gasteiger partial charge in [-0.15, -0.1) is 0 Å². The molecule has 1 aromatic heterocycles. The van der Waals surface area contributed by atoms with Crippen molar-refractivity contribution < 1.29 is 19.0 Å². The zero-order valence-electron chi connectivity index (χ0n) is 15.7. The van der Waals surface area contributed by atoms with E-state index in [4.69, 9.17) is 4.63 Å². The lowest BCUT2D eigenvalue weighted by Crippen LogP contribution is -2.57. The molecule has 0 aromatic carbocycles. The smallest absolute Gasteiger partial charge is 0.239 e. The molecule has 1 N–H and O–H groups in total. The van der Waals surface area contributed by atoms with Gasteiger partial charge in [0.15, 0.2) is 0 Å². The zero-order chi connectivity index (χ0) is 19.2. The largest absolute Gasteiger partial charge is 0.353 e. The van der Waals surface area contributed by atoms with Crippen molar-refractivity contribution in [1.29, 1.82) is 0 Å². The van der Waals surface area contributed by atoms with Crippen LogP contribution in [0.25, 0.3) is 0 Å². The Bertz CT molecular complexity index is 778. The third kappa shape index (κ3) is 2.80. The summed E-state index contributed by atoms with van der Waals surface area (Å²) in [6.07, 6.45) is 3.23. The molecule has 4 rings (SSSR count). The predicted octanol–water partition coefficient (Wildman–Crippen LogP) is 0.0386. The molecular weight excluding hydrogens is 350 g/mol. The highest BCUT2D eigenvalue weighted by molar-refractivity contribution is 5.91. The molecule has 0 unspecified atom stereocenters. The van der Waals surface area contributed by atoms with E-state index >= 15 is 0 Å². The van der Waals surface area contributed by atoms with Gasteiger partial charge in [-0.05, 0) is 32.6 Å². The number of hydrogen-bond donors (Lipinski definition) is 1. The Morgan fingerprint density at radius 1 is 1.33 bits per heavy atom. The first-order valence-corrected chi connectivity index (χ1v) is 9.61. The molecule has 1 aromatic rings. The quantitative estimate of drug-likeness (QED) is 0.796. The summed E-state index contributed by atoms with van der Waals surface area (Å²) in [4.78, 5) is 41.7. The van der Waals surface area contributed by atoms with Gasteiger partial charge in [0.05, 0.1) is 18.4 Å². The summed E-state index contributed by atoms with van der Waals surface area (Å²) in [5.41, 5.74) is 0.576. The summed E-state index contributed by atoms with van der Waals surface area (Å²) in [6.45, 7) is 4.90. The van der Waals surface area contributed by atoms with Crippen LogP contribution >= 0.6 is 0 Å². The van der Waals surface area contributed by atoms with Crippen molar-refractivity contribution in [3.05, 3.63) is 11.4 Å². The average molecular weight is 375 g/mol. The maximum atomic E-state index is 13.4. The first kappa shape index (κ1) is 17.9. The topological polar surface area (TPSA) is 109 Å². The van der Waals surface area contributed by atoms with Gasteiger partial charge in [-0.2, -0.15) is 0 Å². The Morgan fingerprint density at radius 2 is 2.15 bits per heavy atom. The lowest BCUT2D eigenvalue weighted by atomic mass is 9.70. The van der Waals surface area contributed by atoms with E-state index < -0.39 is 5.41 Å². The minimum absolute atomic E-state index is 0.0177. The highest BCUT2D eigenvalue weighted by atomic mass is 16.6. The number of carbonyl (C=O) groups excluding carboxylic acids is 3.